The van der Waals surface area contributed by atoms with Crippen LogP contribution in [0, 0.1) is 3.57 Å². The van der Waals surface area contributed by atoms with E-state index in [9.17, 15) is 14.4 Å². The summed E-state index contributed by atoms with van der Waals surface area (Å²) in [7, 11) is 0. The summed E-state index contributed by atoms with van der Waals surface area (Å²) in [5.41, 5.74) is 1.49. The standard InChI is InChI=1S/C18H15IN2O4S/c1-10-17(23)21-14-8-11(2-7-15(14)26-10)18(24)25-9-16(22)20-13-5-3-12(19)4-6-13/h2-8,10H,9H2,1H3,(H,20,22)(H,21,23). The molecule has 0 saturated heterocycles. The van der Waals surface area contributed by atoms with Crippen LogP contribution in [0.5, 0.6) is 0 Å². The average molecular weight is 482 g/mol. The van der Waals surface area contributed by atoms with E-state index in [1.807, 2.05) is 19.1 Å². The third-order valence-corrected chi connectivity index (χ3v) is 5.51. The topological polar surface area (TPSA) is 84.5 Å². The van der Waals surface area contributed by atoms with E-state index in [0.717, 1.165) is 8.47 Å². The number of amides is 2. The molecule has 0 aromatic heterocycles. The van der Waals surface area contributed by atoms with Crippen molar-refractivity contribution in [1.82, 2.24) is 0 Å². The van der Waals surface area contributed by atoms with Crippen molar-refractivity contribution in [3.63, 3.8) is 0 Å². The van der Waals surface area contributed by atoms with Gasteiger partial charge in [0.25, 0.3) is 5.91 Å². The van der Waals surface area contributed by atoms with Gasteiger partial charge in [0.2, 0.25) is 5.91 Å². The van der Waals surface area contributed by atoms with Gasteiger partial charge in [-0.2, -0.15) is 0 Å². The number of nitrogens with one attached hydrogen (secondary N) is 2. The summed E-state index contributed by atoms with van der Waals surface area (Å²) in [6, 6.07) is 12.2. The van der Waals surface area contributed by atoms with E-state index in [4.69, 9.17) is 4.74 Å². The first-order valence-electron chi connectivity index (χ1n) is 7.76. The van der Waals surface area contributed by atoms with Crippen molar-refractivity contribution >= 4 is 63.5 Å². The first-order valence-corrected chi connectivity index (χ1v) is 9.72. The Kier molecular flexibility index (Phi) is 5.82. The van der Waals surface area contributed by atoms with E-state index < -0.39 is 11.9 Å². The highest BCUT2D eigenvalue weighted by Crippen LogP contribution is 2.36. The van der Waals surface area contributed by atoms with Crippen LogP contribution in [0.1, 0.15) is 17.3 Å². The third-order valence-electron chi connectivity index (χ3n) is 3.61. The van der Waals surface area contributed by atoms with Crippen molar-refractivity contribution in [2.75, 3.05) is 17.2 Å². The lowest BCUT2D eigenvalue weighted by molar-refractivity contribution is -0.119. The molecule has 0 aliphatic carbocycles. The Bertz CT molecular complexity index is 870. The molecule has 0 spiro atoms. The normalized spacial score (nSPS) is 15.6. The number of hydrogen-bond donors (Lipinski definition) is 2. The van der Waals surface area contributed by atoms with E-state index in [1.165, 1.54) is 11.8 Å². The number of hydrogen-bond acceptors (Lipinski definition) is 5. The number of carbonyl (C=O) groups is 3. The molecule has 2 aromatic rings. The molecule has 26 heavy (non-hydrogen) atoms. The minimum Gasteiger partial charge on any atom is -0.452 e. The zero-order valence-corrected chi connectivity index (χ0v) is 16.7. The van der Waals surface area contributed by atoms with Gasteiger partial charge in [-0.3, -0.25) is 9.59 Å². The second-order valence-corrected chi connectivity index (χ2v) is 8.22. The number of fused-ring (bicyclic) bond motifs is 1. The zero-order chi connectivity index (χ0) is 18.7. The van der Waals surface area contributed by atoms with Crippen molar-refractivity contribution in [2.45, 2.75) is 17.1 Å². The van der Waals surface area contributed by atoms with Crippen LogP contribution >= 0.6 is 34.4 Å². The number of thioether (sulfide) groups is 1. The molecule has 1 aliphatic rings. The molecule has 0 radical (unpaired) electrons. The Balaban J connectivity index is 1.58. The molecular formula is C18H15IN2O4S. The quantitative estimate of drug-likeness (QED) is 0.515. The summed E-state index contributed by atoms with van der Waals surface area (Å²) in [6.07, 6.45) is 0. The Labute approximate surface area is 168 Å². The van der Waals surface area contributed by atoms with Crippen LogP contribution in [-0.2, 0) is 14.3 Å². The fourth-order valence-electron chi connectivity index (χ4n) is 2.28. The number of carbonyl (C=O) groups excluding carboxylic acids is 3. The molecule has 0 saturated carbocycles. The third kappa shape index (κ3) is 4.55. The van der Waals surface area contributed by atoms with Gasteiger partial charge in [-0.05, 0) is 72.0 Å². The zero-order valence-electron chi connectivity index (χ0n) is 13.7. The summed E-state index contributed by atoms with van der Waals surface area (Å²) in [5.74, 6) is -1.15. The van der Waals surface area contributed by atoms with Crippen LogP contribution in [0.3, 0.4) is 0 Å². The lowest BCUT2D eigenvalue weighted by Gasteiger charge is -2.21. The minimum absolute atomic E-state index is 0.107. The van der Waals surface area contributed by atoms with Crippen LogP contribution in [0.2, 0.25) is 0 Å². The van der Waals surface area contributed by atoms with E-state index in [-0.39, 0.29) is 23.3 Å². The summed E-state index contributed by atoms with van der Waals surface area (Å²) in [6.45, 7) is 1.43. The second kappa shape index (κ2) is 8.09. The highest BCUT2D eigenvalue weighted by molar-refractivity contribution is 14.1. The van der Waals surface area contributed by atoms with Gasteiger partial charge in [-0.15, -0.1) is 11.8 Å². The Morgan fingerprint density at radius 3 is 2.69 bits per heavy atom. The van der Waals surface area contributed by atoms with Crippen LogP contribution in [0.15, 0.2) is 47.4 Å². The molecule has 1 atom stereocenters. The van der Waals surface area contributed by atoms with Gasteiger partial charge >= 0.3 is 5.97 Å². The highest BCUT2D eigenvalue weighted by Gasteiger charge is 2.24. The van der Waals surface area contributed by atoms with E-state index in [1.54, 1.807) is 30.3 Å². The SMILES string of the molecule is CC1Sc2ccc(C(=O)OCC(=O)Nc3ccc(I)cc3)cc2NC1=O. The lowest BCUT2D eigenvalue weighted by atomic mass is 10.2. The molecule has 134 valence electrons. The highest BCUT2D eigenvalue weighted by atomic mass is 127. The average Bonchev–Trinajstić information content (AvgIpc) is 2.62. The fraction of sp³-hybridized carbons (Fsp3) is 0.167. The van der Waals surface area contributed by atoms with Gasteiger partial charge in [0.15, 0.2) is 6.61 Å². The number of anilines is 2. The van der Waals surface area contributed by atoms with Crippen molar-refractivity contribution in [3.05, 3.63) is 51.6 Å². The Morgan fingerprint density at radius 1 is 1.23 bits per heavy atom. The monoisotopic (exact) mass is 482 g/mol. The summed E-state index contributed by atoms with van der Waals surface area (Å²) < 4.78 is 6.11. The van der Waals surface area contributed by atoms with Gasteiger partial charge in [0.05, 0.1) is 16.5 Å². The number of ether oxygens (including phenoxy) is 1. The van der Waals surface area contributed by atoms with Crippen molar-refractivity contribution in [3.8, 4) is 0 Å². The molecule has 2 aromatic carbocycles. The molecule has 0 bridgehead atoms. The Morgan fingerprint density at radius 2 is 1.96 bits per heavy atom. The minimum atomic E-state index is -0.622. The van der Waals surface area contributed by atoms with Crippen LogP contribution < -0.4 is 10.6 Å². The maximum atomic E-state index is 12.2. The van der Waals surface area contributed by atoms with Crippen LogP contribution in [-0.4, -0.2) is 29.6 Å². The van der Waals surface area contributed by atoms with E-state index >= 15 is 0 Å². The van der Waals surface area contributed by atoms with Gasteiger partial charge in [0.1, 0.15) is 0 Å². The van der Waals surface area contributed by atoms with E-state index in [0.29, 0.717) is 11.4 Å². The number of rotatable bonds is 4. The van der Waals surface area contributed by atoms with Gasteiger partial charge in [-0.25, -0.2) is 4.79 Å². The lowest BCUT2D eigenvalue weighted by Crippen LogP contribution is -2.26. The molecule has 0 fully saturated rings. The van der Waals surface area contributed by atoms with Gasteiger partial charge in [-0.1, -0.05) is 0 Å². The fourth-order valence-corrected chi connectivity index (χ4v) is 3.57. The smallest absolute Gasteiger partial charge is 0.338 e. The van der Waals surface area contributed by atoms with Gasteiger partial charge in [0, 0.05) is 14.2 Å². The predicted octanol–water partition coefficient (Wildman–Crippen LogP) is 3.52. The Hall–Kier alpha value is -2.07. The molecule has 6 nitrogen and oxygen atoms in total. The first-order chi connectivity index (χ1) is 12.4. The first kappa shape index (κ1) is 18.7. The molecule has 1 heterocycles. The van der Waals surface area contributed by atoms with Crippen LogP contribution in [0.4, 0.5) is 11.4 Å². The summed E-state index contributed by atoms with van der Waals surface area (Å²) in [4.78, 5) is 36.7. The number of benzene rings is 2. The largest absolute Gasteiger partial charge is 0.452 e. The molecule has 3 rings (SSSR count). The molecule has 2 amide bonds. The molecular weight excluding hydrogens is 467 g/mol. The van der Waals surface area contributed by atoms with Crippen LogP contribution in [0.25, 0.3) is 0 Å². The maximum Gasteiger partial charge on any atom is 0.338 e. The van der Waals surface area contributed by atoms with Crippen molar-refractivity contribution in [1.29, 1.82) is 0 Å². The van der Waals surface area contributed by atoms with Crippen molar-refractivity contribution < 1.29 is 19.1 Å². The van der Waals surface area contributed by atoms with Gasteiger partial charge < -0.3 is 15.4 Å². The second-order valence-electron chi connectivity index (χ2n) is 5.59. The molecule has 1 unspecified atom stereocenters. The number of esters is 1. The maximum absolute atomic E-state index is 12.2. The van der Waals surface area contributed by atoms with E-state index in [2.05, 4.69) is 33.2 Å². The molecule has 8 heteroatoms. The van der Waals surface area contributed by atoms with Crippen molar-refractivity contribution in [2.24, 2.45) is 0 Å². The summed E-state index contributed by atoms with van der Waals surface area (Å²) >= 11 is 3.60. The number of halogens is 1. The predicted molar refractivity (Wildman–Crippen MR) is 108 cm³/mol. The molecule has 1 aliphatic heterocycles. The summed E-state index contributed by atoms with van der Waals surface area (Å²) in [5, 5.41) is 5.24. The molecule has 2 N–H and O–H groups in total.